The largest absolute Gasteiger partial charge is 0.383 e. The van der Waals surface area contributed by atoms with E-state index in [4.69, 9.17) is 16.3 Å². The van der Waals surface area contributed by atoms with Crippen molar-refractivity contribution in [3.05, 3.63) is 0 Å². The summed E-state index contributed by atoms with van der Waals surface area (Å²) in [5.74, 6) is 0. The molecule has 0 aliphatic heterocycles. The molecule has 80 valence electrons. The molecule has 0 aromatic carbocycles. The molecule has 0 radical (unpaired) electrons. The first-order valence-electron chi connectivity index (χ1n) is 4.95. The van der Waals surface area contributed by atoms with E-state index in [9.17, 15) is 0 Å². The first-order chi connectivity index (χ1) is 6.11. The van der Waals surface area contributed by atoms with Crippen molar-refractivity contribution < 1.29 is 4.74 Å². The molecule has 0 saturated heterocycles. The Bertz CT molecular complexity index is 121. The van der Waals surface area contributed by atoms with E-state index in [0.717, 1.165) is 6.54 Å². The zero-order valence-corrected chi connectivity index (χ0v) is 9.97. The topological polar surface area (TPSA) is 12.5 Å². The summed E-state index contributed by atoms with van der Waals surface area (Å²) >= 11 is 6.05. The molecule has 0 bridgehead atoms. The molecule has 3 heteroatoms. The number of methoxy groups -OCH3 is 1. The van der Waals surface area contributed by atoms with Gasteiger partial charge in [-0.2, -0.15) is 0 Å². The van der Waals surface area contributed by atoms with Crippen LogP contribution < -0.4 is 0 Å². The van der Waals surface area contributed by atoms with Gasteiger partial charge in [0.05, 0.1) is 12.0 Å². The summed E-state index contributed by atoms with van der Waals surface area (Å²) in [5, 5.41) is 0.106. The van der Waals surface area contributed by atoms with E-state index in [-0.39, 0.29) is 5.38 Å². The lowest BCUT2D eigenvalue weighted by atomic mass is 10.1. The van der Waals surface area contributed by atoms with E-state index < -0.39 is 0 Å². The van der Waals surface area contributed by atoms with Crippen LogP contribution in [0.15, 0.2) is 0 Å². The Balaban J connectivity index is 3.64. The second-order valence-corrected chi connectivity index (χ2v) is 4.25. The summed E-state index contributed by atoms with van der Waals surface area (Å²) in [5.41, 5.74) is 0. The van der Waals surface area contributed by atoms with Gasteiger partial charge in [0, 0.05) is 19.7 Å². The Hall–Kier alpha value is 0.210. The van der Waals surface area contributed by atoms with E-state index in [1.165, 1.54) is 12.8 Å². The van der Waals surface area contributed by atoms with Crippen molar-refractivity contribution in [2.75, 3.05) is 27.3 Å². The number of rotatable bonds is 7. The van der Waals surface area contributed by atoms with Crippen molar-refractivity contribution in [1.29, 1.82) is 0 Å². The van der Waals surface area contributed by atoms with E-state index in [1.807, 2.05) is 0 Å². The minimum atomic E-state index is 0.106. The lowest BCUT2D eigenvalue weighted by molar-refractivity contribution is 0.169. The molecule has 13 heavy (non-hydrogen) atoms. The number of ether oxygens (including phenoxy) is 1. The van der Waals surface area contributed by atoms with Gasteiger partial charge in [-0.25, -0.2) is 0 Å². The SMILES string of the molecule is CCCC(C)N(C)CC(Cl)COC. The minimum Gasteiger partial charge on any atom is -0.383 e. The molecule has 0 aliphatic rings. The molecule has 0 aromatic heterocycles. The van der Waals surface area contributed by atoms with Gasteiger partial charge < -0.3 is 9.64 Å². The van der Waals surface area contributed by atoms with E-state index in [2.05, 4.69) is 25.8 Å². The van der Waals surface area contributed by atoms with Crippen molar-refractivity contribution in [3.8, 4) is 0 Å². The monoisotopic (exact) mass is 207 g/mol. The predicted molar refractivity (Wildman–Crippen MR) is 58.5 cm³/mol. The molecule has 2 nitrogen and oxygen atoms in total. The van der Waals surface area contributed by atoms with Gasteiger partial charge in [0.2, 0.25) is 0 Å². The average molecular weight is 208 g/mol. The third-order valence-corrected chi connectivity index (χ3v) is 2.56. The van der Waals surface area contributed by atoms with Gasteiger partial charge in [-0.15, -0.1) is 11.6 Å². The first-order valence-corrected chi connectivity index (χ1v) is 5.38. The standard InChI is InChI=1S/C10H22ClNO/c1-5-6-9(2)12(3)7-10(11)8-13-4/h9-10H,5-8H2,1-4H3. The van der Waals surface area contributed by atoms with E-state index in [1.54, 1.807) is 7.11 Å². The van der Waals surface area contributed by atoms with Crippen molar-refractivity contribution >= 4 is 11.6 Å². The maximum atomic E-state index is 6.05. The molecular weight excluding hydrogens is 186 g/mol. The lowest BCUT2D eigenvalue weighted by Gasteiger charge is -2.26. The van der Waals surface area contributed by atoms with Crippen LogP contribution in [-0.2, 0) is 4.74 Å². The van der Waals surface area contributed by atoms with Gasteiger partial charge in [-0.1, -0.05) is 13.3 Å². The van der Waals surface area contributed by atoms with Crippen molar-refractivity contribution in [2.24, 2.45) is 0 Å². The van der Waals surface area contributed by atoms with Crippen LogP contribution in [0.2, 0.25) is 0 Å². The van der Waals surface area contributed by atoms with Crippen LogP contribution in [0, 0.1) is 0 Å². The molecular formula is C10H22ClNO. The van der Waals surface area contributed by atoms with Crippen LogP contribution in [0.25, 0.3) is 0 Å². The number of nitrogens with zero attached hydrogens (tertiary/aromatic N) is 1. The zero-order chi connectivity index (χ0) is 10.3. The fourth-order valence-corrected chi connectivity index (χ4v) is 1.71. The number of hydrogen-bond acceptors (Lipinski definition) is 2. The average Bonchev–Trinajstić information content (AvgIpc) is 2.05. The number of halogens is 1. The highest BCUT2D eigenvalue weighted by molar-refractivity contribution is 6.20. The minimum absolute atomic E-state index is 0.106. The highest BCUT2D eigenvalue weighted by Gasteiger charge is 2.12. The van der Waals surface area contributed by atoms with Crippen LogP contribution in [-0.4, -0.2) is 43.6 Å². The van der Waals surface area contributed by atoms with Gasteiger partial charge >= 0.3 is 0 Å². The van der Waals surface area contributed by atoms with Crippen LogP contribution in [0.1, 0.15) is 26.7 Å². The van der Waals surface area contributed by atoms with E-state index >= 15 is 0 Å². The molecule has 0 heterocycles. The van der Waals surface area contributed by atoms with Crippen molar-refractivity contribution in [1.82, 2.24) is 4.90 Å². The third-order valence-electron chi connectivity index (χ3n) is 2.29. The summed E-state index contributed by atoms with van der Waals surface area (Å²) in [7, 11) is 3.80. The maximum Gasteiger partial charge on any atom is 0.0696 e. The fourth-order valence-electron chi connectivity index (χ4n) is 1.36. The second-order valence-electron chi connectivity index (χ2n) is 3.63. The van der Waals surface area contributed by atoms with Crippen LogP contribution in [0.4, 0.5) is 0 Å². The Morgan fingerprint density at radius 3 is 2.54 bits per heavy atom. The van der Waals surface area contributed by atoms with Crippen LogP contribution in [0.3, 0.4) is 0 Å². The van der Waals surface area contributed by atoms with Crippen molar-refractivity contribution in [3.63, 3.8) is 0 Å². The highest BCUT2D eigenvalue weighted by Crippen LogP contribution is 2.07. The van der Waals surface area contributed by atoms with Gasteiger partial charge in [-0.05, 0) is 20.4 Å². The molecule has 0 saturated carbocycles. The summed E-state index contributed by atoms with van der Waals surface area (Å²) in [6.45, 7) is 5.97. The molecule has 0 aromatic rings. The lowest BCUT2D eigenvalue weighted by Crippen LogP contribution is -2.35. The number of alkyl halides is 1. The zero-order valence-electron chi connectivity index (χ0n) is 9.22. The Morgan fingerprint density at radius 1 is 1.46 bits per heavy atom. The molecule has 0 fully saturated rings. The maximum absolute atomic E-state index is 6.05. The smallest absolute Gasteiger partial charge is 0.0696 e. The van der Waals surface area contributed by atoms with Gasteiger partial charge in [0.25, 0.3) is 0 Å². The Labute approximate surface area is 87.2 Å². The van der Waals surface area contributed by atoms with Gasteiger partial charge in [0.1, 0.15) is 0 Å². The molecule has 2 unspecified atom stereocenters. The van der Waals surface area contributed by atoms with E-state index in [0.29, 0.717) is 12.6 Å². The Morgan fingerprint density at radius 2 is 2.08 bits per heavy atom. The third kappa shape index (κ3) is 6.30. The summed E-state index contributed by atoms with van der Waals surface area (Å²) in [6.07, 6.45) is 2.45. The normalized spacial score (nSPS) is 16.2. The number of hydrogen-bond donors (Lipinski definition) is 0. The van der Waals surface area contributed by atoms with Crippen LogP contribution >= 0.6 is 11.6 Å². The van der Waals surface area contributed by atoms with Gasteiger partial charge in [-0.3, -0.25) is 0 Å². The first kappa shape index (κ1) is 13.2. The second kappa shape index (κ2) is 7.60. The molecule has 0 N–H and O–H groups in total. The molecule has 0 spiro atoms. The summed E-state index contributed by atoms with van der Waals surface area (Å²) < 4.78 is 4.99. The Kier molecular flexibility index (Phi) is 7.72. The van der Waals surface area contributed by atoms with Crippen LogP contribution in [0.5, 0.6) is 0 Å². The van der Waals surface area contributed by atoms with Crippen molar-refractivity contribution in [2.45, 2.75) is 38.1 Å². The predicted octanol–water partition coefficient (Wildman–Crippen LogP) is 2.36. The fraction of sp³-hybridized carbons (Fsp3) is 1.00. The summed E-state index contributed by atoms with van der Waals surface area (Å²) in [6, 6.07) is 0.614. The molecule has 0 amide bonds. The highest BCUT2D eigenvalue weighted by atomic mass is 35.5. The molecule has 0 rings (SSSR count). The van der Waals surface area contributed by atoms with Gasteiger partial charge in [0.15, 0.2) is 0 Å². The molecule has 0 aliphatic carbocycles. The summed E-state index contributed by atoms with van der Waals surface area (Å²) in [4.78, 5) is 2.29. The quantitative estimate of drug-likeness (QED) is 0.595. The molecule has 2 atom stereocenters.